The molecule has 2 atom stereocenters. The van der Waals surface area contributed by atoms with Gasteiger partial charge in [-0.15, -0.1) is 0 Å². The molecule has 98 valence electrons. The number of likely N-dealkylation sites (N-methyl/N-ethyl adjacent to an activating group) is 2. The van der Waals surface area contributed by atoms with Crippen LogP contribution in [0.3, 0.4) is 0 Å². The number of hydrogen-bond acceptors (Lipinski definition) is 4. The molecule has 0 aliphatic carbocycles. The lowest BCUT2D eigenvalue weighted by Gasteiger charge is -2.28. The molecule has 4 nitrogen and oxygen atoms in total. The summed E-state index contributed by atoms with van der Waals surface area (Å²) in [5.41, 5.74) is 0. The summed E-state index contributed by atoms with van der Waals surface area (Å²) in [6.07, 6.45) is 0.978. The number of hydrogen-bond donors (Lipinski definition) is 2. The molecule has 0 rings (SSSR count). The molecule has 0 saturated carbocycles. The SMILES string of the molecule is CCNC(CO)CCN(CC)C(C)COC. The van der Waals surface area contributed by atoms with E-state index in [0.29, 0.717) is 6.04 Å². The summed E-state index contributed by atoms with van der Waals surface area (Å²) in [5, 5.41) is 12.5. The summed E-state index contributed by atoms with van der Waals surface area (Å²) in [7, 11) is 1.74. The van der Waals surface area contributed by atoms with Gasteiger partial charge in [0.05, 0.1) is 13.2 Å². The third-order valence-electron chi connectivity index (χ3n) is 2.92. The molecule has 0 aromatic carbocycles. The monoisotopic (exact) mass is 232 g/mol. The van der Waals surface area contributed by atoms with Gasteiger partial charge in [-0.05, 0) is 26.4 Å². The van der Waals surface area contributed by atoms with E-state index >= 15 is 0 Å². The van der Waals surface area contributed by atoms with Crippen LogP contribution in [-0.2, 0) is 4.74 Å². The topological polar surface area (TPSA) is 44.7 Å². The molecule has 0 spiro atoms. The maximum Gasteiger partial charge on any atom is 0.0615 e. The molecule has 0 radical (unpaired) electrons. The third kappa shape index (κ3) is 6.43. The fourth-order valence-electron chi connectivity index (χ4n) is 1.91. The fourth-order valence-corrected chi connectivity index (χ4v) is 1.91. The van der Waals surface area contributed by atoms with Crippen LogP contribution in [0, 0.1) is 0 Å². The summed E-state index contributed by atoms with van der Waals surface area (Å²) in [6.45, 7) is 10.3. The first-order valence-electron chi connectivity index (χ1n) is 6.26. The highest BCUT2D eigenvalue weighted by Crippen LogP contribution is 2.02. The normalized spacial score (nSPS) is 15.4. The summed E-state index contributed by atoms with van der Waals surface area (Å²) in [5.74, 6) is 0. The number of nitrogens with zero attached hydrogens (tertiary/aromatic N) is 1. The van der Waals surface area contributed by atoms with Gasteiger partial charge in [-0.2, -0.15) is 0 Å². The van der Waals surface area contributed by atoms with E-state index < -0.39 is 0 Å². The van der Waals surface area contributed by atoms with Gasteiger partial charge in [-0.25, -0.2) is 0 Å². The lowest BCUT2D eigenvalue weighted by molar-refractivity contribution is 0.0971. The summed E-state index contributed by atoms with van der Waals surface area (Å²) < 4.78 is 5.16. The van der Waals surface area contributed by atoms with Crippen LogP contribution in [0.25, 0.3) is 0 Å². The van der Waals surface area contributed by atoms with Gasteiger partial charge >= 0.3 is 0 Å². The van der Waals surface area contributed by atoms with Crippen LogP contribution in [0.4, 0.5) is 0 Å². The molecule has 0 fully saturated rings. The van der Waals surface area contributed by atoms with E-state index in [1.165, 1.54) is 0 Å². The predicted molar refractivity (Wildman–Crippen MR) is 67.8 cm³/mol. The van der Waals surface area contributed by atoms with Crippen LogP contribution in [0.5, 0.6) is 0 Å². The van der Waals surface area contributed by atoms with E-state index in [-0.39, 0.29) is 12.6 Å². The van der Waals surface area contributed by atoms with Gasteiger partial charge in [0.25, 0.3) is 0 Å². The van der Waals surface area contributed by atoms with Crippen LogP contribution >= 0.6 is 0 Å². The first-order valence-corrected chi connectivity index (χ1v) is 6.26. The van der Waals surface area contributed by atoms with Gasteiger partial charge < -0.3 is 15.2 Å². The van der Waals surface area contributed by atoms with Crippen LogP contribution < -0.4 is 5.32 Å². The van der Waals surface area contributed by atoms with Crippen molar-refractivity contribution in [3.8, 4) is 0 Å². The van der Waals surface area contributed by atoms with Crippen molar-refractivity contribution in [3.63, 3.8) is 0 Å². The molecule has 2 N–H and O–H groups in total. The molecule has 0 aliphatic rings. The van der Waals surface area contributed by atoms with Crippen LogP contribution in [0.2, 0.25) is 0 Å². The van der Waals surface area contributed by atoms with Gasteiger partial charge in [0.15, 0.2) is 0 Å². The van der Waals surface area contributed by atoms with Crippen molar-refractivity contribution in [1.29, 1.82) is 0 Å². The Morgan fingerprint density at radius 1 is 1.38 bits per heavy atom. The average molecular weight is 232 g/mol. The number of aliphatic hydroxyl groups is 1. The lowest BCUT2D eigenvalue weighted by atomic mass is 10.2. The first-order chi connectivity index (χ1) is 7.69. The Kier molecular flexibility index (Phi) is 9.92. The first kappa shape index (κ1) is 15.8. The van der Waals surface area contributed by atoms with Gasteiger partial charge in [-0.3, -0.25) is 4.90 Å². The van der Waals surface area contributed by atoms with Crippen molar-refractivity contribution in [2.24, 2.45) is 0 Å². The maximum atomic E-state index is 9.18. The molecule has 2 unspecified atom stereocenters. The summed E-state index contributed by atoms with van der Waals surface area (Å²) >= 11 is 0. The van der Waals surface area contributed by atoms with Crippen molar-refractivity contribution in [3.05, 3.63) is 0 Å². The number of aliphatic hydroxyl groups excluding tert-OH is 1. The second-order valence-electron chi connectivity index (χ2n) is 4.16. The zero-order chi connectivity index (χ0) is 12.4. The molecule has 0 aromatic rings. The molecule has 4 heteroatoms. The van der Waals surface area contributed by atoms with Crippen molar-refractivity contribution in [2.75, 3.05) is 40.0 Å². The molecule has 0 bridgehead atoms. The molecular formula is C12H28N2O2. The van der Waals surface area contributed by atoms with Crippen LogP contribution in [-0.4, -0.2) is 62.0 Å². The van der Waals surface area contributed by atoms with Crippen molar-refractivity contribution < 1.29 is 9.84 Å². The van der Waals surface area contributed by atoms with Gasteiger partial charge in [-0.1, -0.05) is 13.8 Å². The molecule has 0 amide bonds. The van der Waals surface area contributed by atoms with Crippen molar-refractivity contribution in [2.45, 2.75) is 39.3 Å². The smallest absolute Gasteiger partial charge is 0.0615 e. The second kappa shape index (κ2) is 10.0. The van der Waals surface area contributed by atoms with Gasteiger partial charge in [0, 0.05) is 25.7 Å². The Morgan fingerprint density at radius 3 is 2.50 bits per heavy atom. The Labute approximate surface area is 100.0 Å². The summed E-state index contributed by atoms with van der Waals surface area (Å²) in [4.78, 5) is 2.38. The Morgan fingerprint density at radius 2 is 2.06 bits per heavy atom. The third-order valence-corrected chi connectivity index (χ3v) is 2.92. The number of nitrogens with one attached hydrogen (secondary N) is 1. The Hall–Kier alpha value is -0.160. The quantitative estimate of drug-likeness (QED) is 0.582. The highest BCUT2D eigenvalue weighted by atomic mass is 16.5. The minimum absolute atomic E-state index is 0.212. The van der Waals surface area contributed by atoms with Crippen molar-refractivity contribution in [1.82, 2.24) is 10.2 Å². The van der Waals surface area contributed by atoms with Gasteiger partial charge in [0.1, 0.15) is 0 Å². The number of rotatable bonds is 10. The standard InChI is InChI=1S/C12H28N2O2/c1-5-13-12(9-15)7-8-14(6-2)11(3)10-16-4/h11-13,15H,5-10H2,1-4H3. The minimum atomic E-state index is 0.212. The zero-order valence-corrected chi connectivity index (χ0v) is 11.2. The van der Waals surface area contributed by atoms with Gasteiger partial charge in [0.2, 0.25) is 0 Å². The molecule has 0 aromatic heterocycles. The molecule has 16 heavy (non-hydrogen) atoms. The molecule has 0 heterocycles. The van der Waals surface area contributed by atoms with E-state index in [1.54, 1.807) is 7.11 Å². The molecular weight excluding hydrogens is 204 g/mol. The lowest BCUT2D eigenvalue weighted by Crippen LogP contribution is -2.41. The molecule has 0 aliphatic heterocycles. The van der Waals surface area contributed by atoms with E-state index in [9.17, 15) is 5.11 Å². The van der Waals surface area contributed by atoms with E-state index in [1.807, 2.05) is 0 Å². The van der Waals surface area contributed by atoms with E-state index in [2.05, 4.69) is 31.0 Å². The highest BCUT2D eigenvalue weighted by Gasteiger charge is 2.13. The largest absolute Gasteiger partial charge is 0.395 e. The Balaban J connectivity index is 3.92. The second-order valence-corrected chi connectivity index (χ2v) is 4.16. The molecule has 0 saturated heterocycles. The van der Waals surface area contributed by atoms with Crippen LogP contribution in [0.1, 0.15) is 27.2 Å². The number of ether oxygens (including phenoxy) is 1. The predicted octanol–water partition coefficient (Wildman–Crippen LogP) is 0.704. The van der Waals surface area contributed by atoms with Crippen molar-refractivity contribution >= 4 is 0 Å². The maximum absolute atomic E-state index is 9.18. The highest BCUT2D eigenvalue weighted by molar-refractivity contribution is 4.71. The van der Waals surface area contributed by atoms with E-state index in [0.717, 1.165) is 32.7 Å². The number of methoxy groups -OCH3 is 1. The summed E-state index contributed by atoms with van der Waals surface area (Å²) in [6, 6.07) is 0.657. The minimum Gasteiger partial charge on any atom is -0.395 e. The average Bonchev–Trinajstić information content (AvgIpc) is 2.28. The van der Waals surface area contributed by atoms with Crippen LogP contribution in [0.15, 0.2) is 0 Å². The Bertz CT molecular complexity index is 156. The fraction of sp³-hybridized carbons (Fsp3) is 1.00. The zero-order valence-electron chi connectivity index (χ0n) is 11.2. The van der Waals surface area contributed by atoms with E-state index in [4.69, 9.17) is 4.74 Å².